The van der Waals surface area contributed by atoms with Crippen molar-refractivity contribution in [2.24, 2.45) is 5.92 Å². The minimum atomic E-state index is -0.361. The molecule has 0 fully saturated rings. The third-order valence-corrected chi connectivity index (χ3v) is 5.38. The summed E-state index contributed by atoms with van der Waals surface area (Å²) in [6.45, 7) is 2.13. The lowest BCUT2D eigenvalue weighted by Gasteiger charge is -2.39. The molecule has 2 aliphatic rings. The average molecular weight is 336 g/mol. The van der Waals surface area contributed by atoms with Crippen molar-refractivity contribution in [2.45, 2.75) is 25.3 Å². The topological polar surface area (TPSA) is 64.4 Å². The molecule has 0 bridgehead atoms. The monoisotopic (exact) mass is 336 g/mol. The predicted octanol–water partition coefficient (Wildman–Crippen LogP) is 4.74. The minimum Gasteiger partial charge on any atom is -0.495 e. The van der Waals surface area contributed by atoms with E-state index in [-0.39, 0.29) is 16.7 Å². The zero-order valence-corrected chi connectivity index (χ0v) is 14.2. The highest BCUT2D eigenvalue weighted by Gasteiger charge is 2.39. The van der Waals surface area contributed by atoms with Gasteiger partial charge in [-0.3, -0.25) is 10.1 Å². The molecule has 0 spiro atoms. The lowest BCUT2D eigenvalue weighted by atomic mass is 9.75. The number of allylic oxidation sites excluding steroid dienone is 2. The number of ether oxygens (including phenoxy) is 1. The molecular weight excluding hydrogens is 316 g/mol. The number of non-ortho nitro benzene ring substituents is 1. The number of nitro benzene ring substituents is 1. The zero-order valence-electron chi connectivity index (χ0n) is 14.2. The fraction of sp³-hybridized carbons (Fsp3) is 0.300. The van der Waals surface area contributed by atoms with Gasteiger partial charge in [-0.2, -0.15) is 0 Å². The molecular formula is C20H20N2O3. The number of hydrogen-bond donors (Lipinski definition) is 1. The van der Waals surface area contributed by atoms with E-state index >= 15 is 0 Å². The van der Waals surface area contributed by atoms with Crippen molar-refractivity contribution in [3.05, 3.63) is 75.4 Å². The van der Waals surface area contributed by atoms with E-state index in [0.29, 0.717) is 11.8 Å². The number of nitrogens with one attached hydrogen (secondary N) is 1. The first-order valence-electron chi connectivity index (χ1n) is 8.45. The Morgan fingerprint density at radius 3 is 2.64 bits per heavy atom. The molecule has 1 N–H and O–H groups in total. The molecule has 1 aliphatic heterocycles. The molecule has 4 rings (SSSR count). The van der Waals surface area contributed by atoms with E-state index in [1.807, 2.05) is 18.2 Å². The lowest BCUT2D eigenvalue weighted by Crippen LogP contribution is -2.30. The van der Waals surface area contributed by atoms with Crippen LogP contribution < -0.4 is 10.1 Å². The van der Waals surface area contributed by atoms with E-state index in [0.717, 1.165) is 23.4 Å². The second-order valence-corrected chi connectivity index (χ2v) is 6.70. The lowest BCUT2D eigenvalue weighted by molar-refractivity contribution is -0.384. The maximum absolute atomic E-state index is 10.9. The number of nitro groups is 1. The van der Waals surface area contributed by atoms with Crippen LogP contribution in [0.4, 0.5) is 11.4 Å². The first-order valence-corrected chi connectivity index (χ1v) is 8.45. The van der Waals surface area contributed by atoms with E-state index in [4.69, 9.17) is 4.74 Å². The van der Waals surface area contributed by atoms with Crippen LogP contribution in [0.5, 0.6) is 5.75 Å². The maximum atomic E-state index is 10.9. The Morgan fingerprint density at radius 1 is 1.20 bits per heavy atom. The van der Waals surface area contributed by atoms with Crippen LogP contribution in [0, 0.1) is 23.0 Å². The second kappa shape index (κ2) is 5.92. The second-order valence-electron chi connectivity index (χ2n) is 6.70. The number of anilines is 1. The van der Waals surface area contributed by atoms with E-state index in [1.165, 1.54) is 11.1 Å². The Hall–Kier alpha value is -2.82. The number of fused-ring (bicyclic) bond motifs is 3. The van der Waals surface area contributed by atoms with Crippen molar-refractivity contribution < 1.29 is 9.66 Å². The van der Waals surface area contributed by atoms with Gasteiger partial charge < -0.3 is 10.1 Å². The Bertz CT molecular complexity index is 858. The molecule has 0 aromatic heterocycles. The van der Waals surface area contributed by atoms with Crippen molar-refractivity contribution in [2.75, 3.05) is 12.4 Å². The summed E-state index contributed by atoms with van der Waals surface area (Å²) in [6, 6.07) is 11.1. The summed E-state index contributed by atoms with van der Waals surface area (Å²) in [5.74, 6) is 1.58. The molecule has 128 valence electrons. The summed E-state index contributed by atoms with van der Waals surface area (Å²) < 4.78 is 5.57. The summed E-state index contributed by atoms with van der Waals surface area (Å²) in [6.07, 6.45) is 5.52. The molecule has 2 aromatic carbocycles. The first kappa shape index (κ1) is 15.7. The van der Waals surface area contributed by atoms with Gasteiger partial charge in [0, 0.05) is 18.1 Å². The van der Waals surface area contributed by atoms with Gasteiger partial charge in [0.2, 0.25) is 0 Å². The fourth-order valence-electron chi connectivity index (χ4n) is 4.17. The summed E-state index contributed by atoms with van der Waals surface area (Å²) in [4.78, 5) is 10.6. The molecule has 1 heterocycles. The van der Waals surface area contributed by atoms with Gasteiger partial charge in [-0.1, -0.05) is 30.4 Å². The zero-order chi connectivity index (χ0) is 17.6. The molecule has 3 atom stereocenters. The van der Waals surface area contributed by atoms with Crippen molar-refractivity contribution in [3.8, 4) is 5.75 Å². The van der Waals surface area contributed by atoms with Crippen LogP contribution in [-0.4, -0.2) is 12.0 Å². The quantitative estimate of drug-likeness (QED) is 0.499. The van der Waals surface area contributed by atoms with Crippen LogP contribution in [0.3, 0.4) is 0 Å². The summed E-state index contributed by atoms with van der Waals surface area (Å²) in [5.41, 5.74) is 4.79. The van der Waals surface area contributed by atoms with E-state index in [9.17, 15) is 10.1 Å². The third-order valence-electron chi connectivity index (χ3n) is 5.38. The summed E-state index contributed by atoms with van der Waals surface area (Å²) in [5, 5.41) is 14.6. The summed E-state index contributed by atoms with van der Waals surface area (Å²) in [7, 11) is 1.68. The number of methoxy groups -OCH3 is 1. The van der Waals surface area contributed by atoms with Gasteiger partial charge in [0.05, 0.1) is 23.8 Å². The molecule has 0 unspecified atom stereocenters. The Labute approximate surface area is 146 Å². The normalized spacial score (nSPS) is 23.5. The molecule has 1 aliphatic carbocycles. The summed E-state index contributed by atoms with van der Waals surface area (Å²) >= 11 is 0. The number of hydrogen-bond acceptors (Lipinski definition) is 4. The Balaban J connectivity index is 1.79. The molecule has 5 nitrogen and oxygen atoms in total. The van der Waals surface area contributed by atoms with Crippen molar-refractivity contribution in [1.82, 2.24) is 0 Å². The smallest absolute Gasteiger partial charge is 0.269 e. The largest absolute Gasteiger partial charge is 0.495 e. The highest BCUT2D eigenvalue weighted by atomic mass is 16.6. The fourth-order valence-corrected chi connectivity index (χ4v) is 4.17. The molecule has 5 heteroatoms. The average Bonchev–Trinajstić information content (AvgIpc) is 3.11. The van der Waals surface area contributed by atoms with Crippen molar-refractivity contribution in [3.63, 3.8) is 0 Å². The minimum absolute atomic E-state index is 0.101. The first-order chi connectivity index (χ1) is 12.1. The van der Waals surface area contributed by atoms with Crippen LogP contribution in [-0.2, 0) is 0 Å². The SMILES string of the molecule is COc1ccc(C)c2c1N[C@@H](c1ccc([N+](=O)[O-])cc1)[C@H]1CC=C[C@@H]21. The van der Waals surface area contributed by atoms with Crippen LogP contribution in [0.25, 0.3) is 0 Å². The van der Waals surface area contributed by atoms with Crippen LogP contribution in [0.1, 0.15) is 35.1 Å². The van der Waals surface area contributed by atoms with Gasteiger partial charge in [0.15, 0.2) is 0 Å². The number of benzene rings is 2. The third kappa shape index (κ3) is 2.47. The maximum Gasteiger partial charge on any atom is 0.269 e. The molecule has 0 radical (unpaired) electrons. The predicted molar refractivity (Wildman–Crippen MR) is 97.2 cm³/mol. The number of aryl methyl sites for hydroxylation is 1. The molecule has 0 saturated carbocycles. The van der Waals surface area contributed by atoms with E-state index in [1.54, 1.807) is 19.2 Å². The number of nitrogens with zero attached hydrogens (tertiary/aromatic N) is 1. The van der Waals surface area contributed by atoms with Gasteiger partial charge in [-0.05, 0) is 42.0 Å². The standard InChI is InChI=1S/C20H20N2O3/c1-12-6-11-17(25-2)20-18(12)15-4-3-5-16(15)19(21-20)13-7-9-14(10-8-13)22(23)24/h3-4,6-11,15-16,19,21H,5H2,1-2H3/t15-,16+,19+/m1/s1. The molecule has 2 aromatic rings. The van der Waals surface area contributed by atoms with Gasteiger partial charge in [0.1, 0.15) is 5.75 Å². The van der Waals surface area contributed by atoms with Crippen LogP contribution in [0.2, 0.25) is 0 Å². The van der Waals surface area contributed by atoms with Gasteiger partial charge in [-0.15, -0.1) is 0 Å². The molecule has 0 saturated heterocycles. The van der Waals surface area contributed by atoms with E-state index < -0.39 is 0 Å². The van der Waals surface area contributed by atoms with Gasteiger partial charge in [-0.25, -0.2) is 0 Å². The van der Waals surface area contributed by atoms with Crippen molar-refractivity contribution >= 4 is 11.4 Å². The van der Waals surface area contributed by atoms with Gasteiger partial charge in [0.25, 0.3) is 5.69 Å². The van der Waals surface area contributed by atoms with Crippen LogP contribution in [0.15, 0.2) is 48.6 Å². The number of rotatable bonds is 3. The van der Waals surface area contributed by atoms with Crippen molar-refractivity contribution in [1.29, 1.82) is 0 Å². The highest BCUT2D eigenvalue weighted by molar-refractivity contribution is 5.69. The highest BCUT2D eigenvalue weighted by Crippen LogP contribution is 2.53. The Kier molecular flexibility index (Phi) is 3.71. The molecule has 25 heavy (non-hydrogen) atoms. The van der Waals surface area contributed by atoms with Crippen LogP contribution >= 0.6 is 0 Å². The van der Waals surface area contributed by atoms with Gasteiger partial charge >= 0.3 is 0 Å². The Morgan fingerprint density at radius 2 is 1.96 bits per heavy atom. The van der Waals surface area contributed by atoms with E-state index in [2.05, 4.69) is 30.5 Å². The molecule has 0 amide bonds.